The maximum Gasteiger partial charge on any atom is 0.241 e. The summed E-state index contributed by atoms with van der Waals surface area (Å²) in [6.45, 7) is 11.5. The Balaban J connectivity index is 1.59. The molecule has 6 nitrogen and oxygen atoms in total. The van der Waals surface area contributed by atoms with Gasteiger partial charge in [0.15, 0.2) is 0 Å². The molecule has 1 N–H and O–H groups in total. The molecule has 2 aromatic rings. The fourth-order valence-electron chi connectivity index (χ4n) is 3.31. The van der Waals surface area contributed by atoms with Crippen LogP contribution in [0.4, 0.5) is 11.5 Å². The summed E-state index contributed by atoms with van der Waals surface area (Å²) in [5.74, 6) is 2.14. The van der Waals surface area contributed by atoms with Crippen molar-refractivity contribution >= 4 is 29.0 Å². The third-order valence-corrected chi connectivity index (χ3v) is 5.27. The van der Waals surface area contributed by atoms with Crippen molar-refractivity contribution in [3.05, 3.63) is 46.9 Å². The topological polar surface area (TPSA) is 61.4 Å². The number of halogens is 1. The van der Waals surface area contributed by atoms with Gasteiger partial charge in [0.25, 0.3) is 0 Å². The van der Waals surface area contributed by atoms with Crippen molar-refractivity contribution in [1.29, 1.82) is 0 Å². The maximum atomic E-state index is 12.6. The quantitative estimate of drug-likeness (QED) is 0.827. The van der Waals surface area contributed by atoms with Crippen molar-refractivity contribution in [3.63, 3.8) is 0 Å². The van der Waals surface area contributed by atoms with E-state index in [1.165, 1.54) is 0 Å². The Morgan fingerprint density at radius 3 is 2.46 bits per heavy atom. The summed E-state index contributed by atoms with van der Waals surface area (Å²) in [5, 5.41) is 3.56. The van der Waals surface area contributed by atoms with Gasteiger partial charge in [0.2, 0.25) is 5.91 Å². The molecule has 0 unspecified atom stereocenters. The average molecular weight is 402 g/mol. The smallest absolute Gasteiger partial charge is 0.241 e. The molecule has 28 heavy (non-hydrogen) atoms. The molecule has 1 aliphatic rings. The van der Waals surface area contributed by atoms with Gasteiger partial charge >= 0.3 is 0 Å². The van der Waals surface area contributed by atoms with Gasteiger partial charge in [0, 0.05) is 54.6 Å². The minimum Gasteiger partial charge on any atom is -0.354 e. The van der Waals surface area contributed by atoms with Crippen LogP contribution in [-0.4, -0.2) is 53.0 Å². The molecule has 7 heteroatoms. The normalized spacial score (nSPS) is 16.3. The van der Waals surface area contributed by atoms with Crippen LogP contribution in [0, 0.1) is 6.92 Å². The van der Waals surface area contributed by atoms with Crippen molar-refractivity contribution in [1.82, 2.24) is 14.9 Å². The number of rotatable bonds is 5. The lowest BCUT2D eigenvalue weighted by Gasteiger charge is -2.38. The summed E-state index contributed by atoms with van der Waals surface area (Å²) in [6, 6.07) is 9.05. The van der Waals surface area contributed by atoms with E-state index in [1.807, 2.05) is 32.0 Å². The zero-order valence-corrected chi connectivity index (χ0v) is 17.7. The van der Waals surface area contributed by atoms with E-state index in [2.05, 4.69) is 33.9 Å². The van der Waals surface area contributed by atoms with E-state index in [0.717, 1.165) is 49.2 Å². The lowest BCUT2D eigenvalue weighted by molar-refractivity contribution is -0.120. The first-order chi connectivity index (χ1) is 13.3. The molecule has 0 radical (unpaired) electrons. The number of aryl methyl sites for hydroxylation is 1. The number of hydrogen-bond acceptors (Lipinski definition) is 5. The van der Waals surface area contributed by atoms with E-state index in [1.54, 1.807) is 12.1 Å². The summed E-state index contributed by atoms with van der Waals surface area (Å²) in [7, 11) is 0. The van der Waals surface area contributed by atoms with Crippen LogP contribution >= 0.6 is 11.6 Å². The molecule has 0 saturated carbocycles. The van der Waals surface area contributed by atoms with E-state index in [0.29, 0.717) is 10.9 Å². The highest BCUT2D eigenvalue weighted by molar-refractivity contribution is 6.30. The van der Waals surface area contributed by atoms with Crippen LogP contribution in [0.2, 0.25) is 5.02 Å². The molecule has 1 aromatic heterocycles. The fraction of sp³-hybridized carbons (Fsp3) is 0.476. The molecule has 1 amide bonds. The molecule has 3 rings (SSSR count). The second-order valence-corrected chi connectivity index (χ2v) is 8.02. The van der Waals surface area contributed by atoms with E-state index < -0.39 is 0 Å². The zero-order valence-electron chi connectivity index (χ0n) is 16.9. The first-order valence-electron chi connectivity index (χ1n) is 9.74. The Hall–Kier alpha value is -2.18. The minimum atomic E-state index is -0.209. The summed E-state index contributed by atoms with van der Waals surface area (Å²) in [4.78, 5) is 26.3. The van der Waals surface area contributed by atoms with Crippen molar-refractivity contribution in [2.45, 2.75) is 39.7 Å². The van der Waals surface area contributed by atoms with Gasteiger partial charge in [-0.1, -0.05) is 31.5 Å². The Labute approximate surface area is 171 Å². The molecule has 1 atom stereocenters. The van der Waals surface area contributed by atoms with Crippen LogP contribution in [0.5, 0.6) is 0 Å². The standard InChI is InChI=1S/C21H28ClN5O/c1-14(2)20-23-15(3)12-19(25-20)27-10-8-26(9-11-27)16(4)21(28)24-18-7-5-6-17(22)13-18/h5-7,12-14,16H,8-11H2,1-4H3,(H,24,28)/t16-/m0/s1. The predicted octanol–water partition coefficient (Wildman–Crippen LogP) is 3.71. The monoisotopic (exact) mass is 401 g/mol. The highest BCUT2D eigenvalue weighted by Gasteiger charge is 2.26. The second-order valence-electron chi connectivity index (χ2n) is 7.58. The number of amides is 1. The first-order valence-corrected chi connectivity index (χ1v) is 10.1. The minimum absolute atomic E-state index is 0.0179. The largest absolute Gasteiger partial charge is 0.354 e. The lowest BCUT2D eigenvalue weighted by atomic mass is 10.2. The van der Waals surface area contributed by atoms with Gasteiger partial charge in [0.1, 0.15) is 11.6 Å². The molecule has 150 valence electrons. The number of piperazine rings is 1. The Morgan fingerprint density at radius 2 is 1.82 bits per heavy atom. The number of aromatic nitrogens is 2. The fourth-order valence-corrected chi connectivity index (χ4v) is 3.50. The van der Waals surface area contributed by atoms with E-state index >= 15 is 0 Å². The van der Waals surface area contributed by atoms with Crippen molar-refractivity contribution in [2.24, 2.45) is 0 Å². The van der Waals surface area contributed by atoms with Crippen LogP contribution in [0.15, 0.2) is 30.3 Å². The molecule has 2 heterocycles. The molecule has 1 saturated heterocycles. The van der Waals surface area contributed by atoms with Gasteiger partial charge in [-0.3, -0.25) is 9.69 Å². The number of anilines is 2. The molecular weight excluding hydrogens is 374 g/mol. The highest BCUT2D eigenvalue weighted by atomic mass is 35.5. The van der Waals surface area contributed by atoms with Crippen LogP contribution in [0.3, 0.4) is 0 Å². The number of nitrogens with zero attached hydrogens (tertiary/aromatic N) is 4. The molecule has 0 bridgehead atoms. The van der Waals surface area contributed by atoms with E-state index in [4.69, 9.17) is 16.6 Å². The molecule has 0 aliphatic carbocycles. The summed E-state index contributed by atoms with van der Waals surface area (Å²) < 4.78 is 0. The lowest BCUT2D eigenvalue weighted by Crippen LogP contribution is -2.53. The highest BCUT2D eigenvalue weighted by Crippen LogP contribution is 2.20. The molecule has 1 fully saturated rings. The average Bonchev–Trinajstić information content (AvgIpc) is 2.67. The maximum absolute atomic E-state index is 12.6. The van der Waals surface area contributed by atoms with E-state index in [-0.39, 0.29) is 11.9 Å². The summed E-state index contributed by atoms with van der Waals surface area (Å²) in [6.07, 6.45) is 0. The number of carbonyl (C=O) groups excluding carboxylic acids is 1. The van der Waals surface area contributed by atoms with Crippen molar-refractivity contribution in [2.75, 3.05) is 36.4 Å². The van der Waals surface area contributed by atoms with Gasteiger partial charge in [-0.25, -0.2) is 9.97 Å². The zero-order chi connectivity index (χ0) is 20.3. The third-order valence-electron chi connectivity index (χ3n) is 5.03. The number of hydrogen-bond donors (Lipinski definition) is 1. The summed E-state index contributed by atoms with van der Waals surface area (Å²) in [5.41, 5.74) is 1.71. The molecular formula is C21H28ClN5O. The molecule has 0 spiro atoms. The Kier molecular flexibility index (Phi) is 6.52. The van der Waals surface area contributed by atoms with Gasteiger partial charge in [-0.15, -0.1) is 0 Å². The SMILES string of the molecule is Cc1cc(N2CCN([C@@H](C)C(=O)Nc3cccc(Cl)c3)CC2)nc(C(C)C)n1. The third kappa shape index (κ3) is 5.00. The Bertz CT molecular complexity index is 833. The molecule has 1 aromatic carbocycles. The Morgan fingerprint density at radius 1 is 1.11 bits per heavy atom. The van der Waals surface area contributed by atoms with Crippen LogP contribution in [0.25, 0.3) is 0 Å². The van der Waals surface area contributed by atoms with Crippen molar-refractivity contribution < 1.29 is 4.79 Å². The van der Waals surface area contributed by atoms with Crippen LogP contribution in [-0.2, 0) is 4.79 Å². The number of benzene rings is 1. The van der Waals surface area contributed by atoms with Crippen LogP contribution < -0.4 is 10.2 Å². The first kappa shape index (κ1) is 20.6. The van der Waals surface area contributed by atoms with Crippen LogP contribution in [0.1, 0.15) is 38.2 Å². The van der Waals surface area contributed by atoms with Gasteiger partial charge in [-0.05, 0) is 32.0 Å². The molecule has 1 aliphatic heterocycles. The summed E-state index contributed by atoms with van der Waals surface area (Å²) >= 11 is 5.99. The second kappa shape index (κ2) is 8.88. The number of nitrogens with one attached hydrogen (secondary N) is 1. The van der Waals surface area contributed by atoms with Gasteiger partial charge in [0.05, 0.1) is 6.04 Å². The van der Waals surface area contributed by atoms with Gasteiger partial charge in [-0.2, -0.15) is 0 Å². The predicted molar refractivity (Wildman–Crippen MR) is 114 cm³/mol. The number of carbonyl (C=O) groups is 1. The van der Waals surface area contributed by atoms with Crippen molar-refractivity contribution in [3.8, 4) is 0 Å². The van der Waals surface area contributed by atoms with E-state index in [9.17, 15) is 4.79 Å². The van der Waals surface area contributed by atoms with Gasteiger partial charge < -0.3 is 10.2 Å².